The number of piperazine rings is 1. The van der Waals surface area contributed by atoms with Crippen molar-refractivity contribution in [2.45, 2.75) is 6.04 Å². The number of carbonyl (C=O) groups is 2. The van der Waals surface area contributed by atoms with Crippen LogP contribution in [0, 0.1) is 10.1 Å². The van der Waals surface area contributed by atoms with Crippen LogP contribution < -0.4 is 10.6 Å². The summed E-state index contributed by atoms with van der Waals surface area (Å²) in [5.74, 6) is -0.653. The summed E-state index contributed by atoms with van der Waals surface area (Å²) in [5.41, 5.74) is 0.0463. The fourth-order valence-electron chi connectivity index (χ4n) is 2.35. The van der Waals surface area contributed by atoms with E-state index in [0.29, 0.717) is 19.6 Å². The smallest absolute Gasteiger partial charge is 0.287 e. The van der Waals surface area contributed by atoms with Gasteiger partial charge in [-0.1, -0.05) is 0 Å². The van der Waals surface area contributed by atoms with Gasteiger partial charge in [-0.25, -0.2) is 0 Å². The van der Waals surface area contributed by atoms with Crippen LogP contribution in [0.5, 0.6) is 0 Å². The molecule has 0 saturated carbocycles. The summed E-state index contributed by atoms with van der Waals surface area (Å²) in [4.78, 5) is 36.1. The molecule has 9 nitrogen and oxygen atoms in total. The molecule has 1 unspecified atom stereocenters. The topological polar surface area (TPSA) is 110 Å². The van der Waals surface area contributed by atoms with Crippen molar-refractivity contribution in [2.75, 3.05) is 26.7 Å². The molecule has 1 aromatic heterocycles. The zero-order chi connectivity index (χ0) is 15.6. The molecule has 1 aliphatic rings. The molecular weight excluding hydrogens is 278 g/mol. The number of aromatic nitrogens is 1. The lowest BCUT2D eigenvalue weighted by Gasteiger charge is -2.34. The van der Waals surface area contributed by atoms with Crippen molar-refractivity contribution < 1.29 is 14.5 Å². The zero-order valence-corrected chi connectivity index (χ0v) is 11.8. The molecule has 1 aliphatic heterocycles. The van der Waals surface area contributed by atoms with Gasteiger partial charge >= 0.3 is 0 Å². The van der Waals surface area contributed by atoms with E-state index >= 15 is 0 Å². The first-order valence-corrected chi connectivity index (χ1v) is 6.49. The highest BCUT2D eigenvalue weighted by Crippen LogP contribution is 2.18. The van der Waals surface area contributed by atoms with Gasteiger partial charge in [-0.2, -0.15) is 0 Å². The van der Waals surface area contributed by atoms with Crippen LogP contribution in [0.1, 0.15) is 10.5 Å². The normalized spacial score (nSPS) is 18.4. The summed E-state index contributed by atoms with van der Waals surface area (Å²) >= 11 is 0. The Morgan fingerprint density at radius 3 is 2.81 bits per heavy atom. The van der Waals surface area contributed by atoms with E-state index < -0.39 is 11.0 Å². The number of nitrogens with one attached hydrogen (secondary N) is 2. The van der Waals surface area contributed by atoms with Crippen LogP contribution in [0.25, 0.3) is 0 Å². The Hall–Kier alpha value is -2.42. The van der Waals surface area contributed by atoms with E-state index in [0.717, 1.165) is 0 Å². The fourth-order valence-corrected chi connectivity index (χ4v) is 2.35. The van der Waals surface area contributed by atoms with Crippen LogP contribution in [-0.2, 0) is 11.8 Å². The first-order chi connectivity index (χ1) is 9.95. The van der Waals surface area contributed by atoms with Crippen LogP contribution in [0.2, 0.25) is 0 Å². The Balaban J connectivity index is 2.28. The second-order valence-electron chi connectivity index (χ2n) is 4.78. The van der Waals surface area contributed by atoms with Crippen LogP contribution in [0.4, 0.5) is 5.69 Å². The largest absolute Gasteiger partial charge is 0.357 e. The predicted molar refractivity (Wildman–Crippen MR) is 73.8 cm³/mol. The molecule has 2 heterocycles. The third kappa shape index (κ3) is 2.87. The van der Waals surface area contributed by atoms with Crippen LogP contribution >= 0.6 is 0 Å². The highest BCUT2D eigenvalue weighted by molar-refractivity contribution is 5.97. The minimum Gasteiger partial charge on any atom is -0.357 e. The van der Waals surface area contributed by atoms with Crippen molar-refractivity contribution >= 4 is 17.5 Å². The van der Waals surface area contributed by atoms with Gasteiger partial charge in [0.25, 0.3) is 11.6 Å². The van der Waals surface area contributed by atoms with Gasteiger partial charge in [-0.3, -0.25) is 19.7 Å². The molecule has 1 aromatic rings. The molecule has 0 bridgehead atoms. The number of likely N-dealkylation sites (N-methyl/N-ethyl adjacent to an activating group) is 1. The summed E-state index contributed by atoms with van der Waals surface area (Å²) < 4.78 is 1.41. The molecule has 21 heavy (non-hydrogen) atoms. The van der Waals surface area contributed by atoms with Crippen molar-refractivity contribution in [1.29, 1.82) is 0 Å². The second-order valence-corrected chi connectivity index (χ2v) is 4.78. The van der Waals surface area contributed by atoms with Gasteiger partial charge in [0.2, 0.25) is 5.91 Å². The summed E-state index contributed by atoms with van der Waals surface area (Å²) in [7, 11) is 3.07. The van der Waals surface area contributed by atoms with E-state index in [-0.39, 0.29) is 23.2 Å². The van der Waals surface area contributed by atoms with E-state index in [4.69, 9.17) is 0 Å². The first-order valence-electron chi connectivity index (χ1n) is 6.49. The number of nitro groups is 1. The molecule has 1 atom stereocenters. The van der Waals surface area contributed by atoms with Gasteiger partial charge < -0.3 is 20.1 Å². The Kier molecular flexibility index (Phi) is 4.22. The molecule has 0 aliphatic carbocycles. The highest BCUT2D eigenvalue weighted by Gasteiger charge is 2.33. The molecule has 1 fully saturated rings. The summed E-state index contributed by atoms with van der Waals surface area (Å²) in [6.45, 7) is 1.31. The van der Waals surface area contributed by atoms with E-state index in [9.17, 15) is 19.7 Å². The van der Waals surface area contributed by atoms with E-state index in [2.05, 4.69) is 10.6 Å². The molecule has 0 radical (unpaired) electrons. The number of hydrogen-bond acceptors (Lipinski definition) is 5. The predicted octanol–water partition coefficient (Wildman–Crippen LogP) is -0.907. The summed E-state index contributed by atoms with van der Waals surface area (Å²) in [6, 6.07) is 0.607. The standard InChI is InChI=1S/C12H17N5O4/c1-13-11(18)10-6-14-3-4-16(10)12(19)9-5-8(17(20)21)7-15(9)2/h5,7,10,14H,3-4,6H2,1-2H3,(H,13,18). The van der Waals surface area contributed by atoms with Crippen molar-refractivity contribution in [1.82, 2.24) is 20.1 Å². The second kappa shape index (κ2) is 5.92. The quantitative estimate of drug-likeness (QED) is 0.554. The number of amides is 2. The Morgan fingerprint density at radius 2 is 2.24 bits per heavy atom. The maximum absolute atomic E-state index is 12.6. The minimum atomic E-state index is -0.620. The van der Waals surface area contributed by atoms with Gasteiger partial charge in [-0.05, 0) is 0 Å². The van der Waals surface area contributed by atoms with Crippen molar-refractivity contribution in [3.8, 4) is 0 Å². The highest BCUT2D eigenvalue weighted by atomic mass is 16.6. The molecule has 1 saturated heterocycles. The van der Waals surface area contributed by atoms with Crippen LogP contribution in [0.15, 0.2) is 12.3 Å². The third-order valence-electron chi connectivity index (χ3n) is 3.47. The Morgan fingerprint density at radius 1 is 1.52 bits per heavy atom. The van der Waals surface area contributed by atoms with Crippen molar-refractivity contribution in [2.24, 2.45) is 7.05 Å². The maximum atomic E-state index is 12.6. The van der Waals surface area contributed by atoms with Gasteiger partial charge in [0.15, 0.2) is 0 Å². The average molecular weight is 295 g/mol. The molecular formula is C12H17N5O4. The van der Waals surface area contributed by atoms with E-state index in [1.807, 2.05) is 0 Å². The number of aryl methyl sites for hydroxylation is 1. The number of rotatable bonds is 3. The number of carbonyl (C=O) groups excluding carboxylic acids is 2. The Bertz CT molecular complexity index is 582. The third-order valence-corrected chi connectivity index (χ3v) is 3.47. The minimum absolute atomic E-state index is 0.146. The summed E-state index contributed by atoms with van der Waals surface area (Å²) in [6.07, 6.45) is 1.28. The lowest BCUT2D eigenvalue weighted by atomic mass is 10.1. The SMILES string of the molecule is CNC(=O)C1CNCCN1C(=O)c1cc([N+](=O)[O-])cn1C. The van der Waals surface area contributed by atoms with Gasteiger partial charge in [0.1, 0.15) is 11.7 Å². The molecule has 9 heteroatoms. The lowest BCUT2D eigenvalue weighted by molar-refractivity contribution is -0.384. The van der Waals surface area contributed by atoms with Crippen LogP contribution in [-0.4, -0.2) is 58.9 Å². The van der Waals surface area contributed by atoms with Gasteiger partial charge in [-0.15, -0.1) is 0 Å². The fraction of sp³-hybridized carbons (Fsp3) is 0.500. The molecule has 2 rings (SSSR count). The lowest BCUT2D eigenvalue weighted by Crippen LogP contribution is -2.59. The van der Waals surface area contributed by atoms with Gasteiger partial charge in [0.05, 0.1) is 11.1 Å². The van der Waals surface area contributed by atoms with E-state index in [1.54, 1.807) is 7.05 Å². The monoisotopic (exact) mass is 295 g/mol. The Labute approximate surface area is 121 Å². The van der Waals surface area contributed by atoms with Crippen molar-refractivity contribution in [3.63, 3.8) is 0 Å². The van der Waals surface area contributed by atoms with Crippen LogP contribution in [0.3, 0.4) is 0 Å². The first kappa shape index (κ1) is 15.0. The summed E-state index contributed by atoms with van der Waals surface area (Å²) in [5, 5.41) is 16.4. The number of nitrogens with zero attached hydrogens (tertiary/aromatic N) is 3. The van der Waals surface area contributed by atoms with E-state index in [1.165, 1.54) is 28.8 Å². The molecule has 0 spiro atoms. The molecule has 114 valence electrons. The molecule has 2 N–H and O–H groups in total. The van der Waals surface area contributed by atoms with Crippen molar-refractivity contribution in [3.05, 3.63) is 28.1 Å². The zero-order valence-electron chi connectivity index (χ0n) is 11.8. The average Bonchev–Trinajstić information content (AvgIpc) is 2.88. The number of hydrogen-bond donors (Lipinski definition) is 2. The molecule has 2 amide bonds. The molecule has 0 aromatic carbocycles. The maximum Gasteiger partial charge on any atom is 0.287 e. The van der Waals surface area contributed by atoms with Gasteiger partial charge in [0, 0.05) is 39.8 Å².